The van der Waals surface area contributed by atoms with E-state index in [2.05, 4.69) is 14.8 Å². The van der Waals surface area contributed by atoms with E-state index in [4.69, 9.17) is 16.0 Å². The molecule has 1 fully saturated rings. The summed E-state index contributed by atoms with van der Waals surface area (Å²) in [6.07, 6.45) is 1.43. The molecule has 3 aromatic rings. The number of carbonyl (C=O) groups is 1. The molecule has 0 unspecified atom stereocenters. The summed E-state index contributed by atoms with van der Waals surface area (Å²) in [5, 5.41) is 0.676. The van der Waals surface area contributed by atoms with Gasteiger partial charge in [0.15, 0.2) is 5.69 Å². The topological polar surface area (TPSA) is 52.8 Å². The van der Waals surface area contributed by atoms with Crippen LogP contribution in [0.1, 0.15) is 27.5 Å². The van der Waals surface area contributed by atoms with Crippen LogP contribution < -0.4 is 0 Å². The molecule has 0 saturated carbocycles. The van der Waals surface area contributed by atoms with Crippen LogP contribution in [0.2, 0.25) is 5.02 Å². The third-order valence-electron chi connectivity index (χ3n) is 5.59. The largest absolute Gasteiger partial charge is 0.447 e. The molecule has 0 spiro atoms. The zero-order valence-electron chi connectivity index (χ0n) is 18.0. The molecule has 0 bridgehead atoms. The maximum Gasteiger partial charge on any atom is 0.275 e. The average Bonchev–Trinajstić information content (AvgIpc) is 3.25. The van der Waals surface area contributed by atoms with E-state index >= 15 is 0 Å². The van der Waals surface area contributed by atoms with Crippen LogP contribution in [-0.4, -0.2) is 58.8 Å². The van der Waals surface area contributed by atoms with Crippen molar-refractivity contribution in [3.63, 3.8) is 0 Å². The van der Waals surface area contributed by atoms with Crippen LogP contribution in [0.3, 0.4) is 0 Å². The molecule has 0 radical (unpaired) electrons. The van der Waals surface area contributed by atoms with Gasteiger partial charge in [0.1, 0.15) is 12.1 Å². The van der Waals surface area contributed by atoms with Crippen LogP contribution in [0.15, 0.2) is 59.2 Å². The van der Waals surface area contributed by atoms with Gasteiger partial charge in [-0.1, -0.05) is 41.9 Å². The maximum atomic E-state index is 13.3. The number of benzene rings is 2. The number of amides is 1. The Kier molecular flexibility index (Phi) is 7.19. The fourth-order valence-corrected chi connectivity index (χ4v) is 3.92. The van der Waals surface area contributed by atoms with Gasteiger partial charge in [-0.2, -0.15) is 0 Å². The summed E-state index contributed by atoms with van der Waals surface area (Å²) >= 11 is 6.37. The van der Waals surface area contributed by atoms with Crippen molar-refractivity contribution in [3.8, 4) is 0 Å². The second-order valence-electron chi connectivity index (χ2n) is 8.08. The van der Waals surface area contributed by atoms with Crippen molar-refractivity contribution in [3.05, 3.63) is 88.3 Å². The SMILES string of the molecule is CN1CCN(C(=O)c2coc(CN(Cc3ccc(F)cc3)Cc3ccccc3Cl)n2)CC1. The van der Waals surface area contributed by atoms with Crippen LogP contribution in [0, 0.1) is 5.82 Å². The Morgan fingerprint density at radius 2 is 1.78 bits per heavy atom. The Bertz CT molecular complexity index is 1050. The maximum absolute atomic E-state index is 13.3. The number of halogens is 2. The number of nitrogens with zero attached hydrogens (tertiary/aromatic N) is 4. The molecule has 1 saturated heterocycles. The van der Waals surface area contributed by atoms with Gasteiger partial charge in [-0.3, -0.25) is 9.69 Å². The molecule has 8 heteroatoms. The number of rotatable bonds is 7. The number of hydrogen-bond donors (Lipinski definition) is 0. The van der Waals surface area contributed by atoms with E-state index in [1.807, 2.05) is 36.2 Å². The van der Waals surface area contributed by atoms with Crippen LogP contribution >= 0.6 is 11.6 Å². The summed E-state index contributed by atoms with van der Waals surface area (Å²) in [5.41, 5.74) is 2.25. The molecule has 1 amide bonds. The molecule has 2 heterocycles. The van der Waals surface area contributed by atoms with Gasteiger partial charge < -0.3 is 14.2 Å². The van der Waals surface area contributed by atoms with Crippen LogP contribution in [-0.2, 0) is 19.6 Å². The van der Waals surface area contributed by atoms with Crippen molar-refractivity contribution in [1.29, 1.82) is 0 Å². The van der Waals surface area contributed by atoms with E-state index in [-0.39, 0.29) is 11.7 Å². The summed E-state index contributed by atoms with van der Waals surface area (Å²) in [6.45, 7) is 4.55. The van der Waals surface area contributed by atoms with Crippen molar-refractivity contribution < 1.29 is 13.6 Å². The first-order chi connectivity index (χ1) is 15.5. The second-order valence-corrected chi connectivity index (χ2v) is 8.49. The number of hydrogen-bond acceptors (Lipinski definition) is 5. The van der Waals surface area contributed by atoms with E-state index in [0.717, 1.165) is 24.2 Å². The highest BCUT2D eigenvalue weighted by Gasteiger charge is 2.23. The Balaban J connectivity index is 1.48. The van der Waals surface area contributed by atoms with Crippen molar-refractivity contribution in [2.75, 3.05) is 33.2 Å². The van der Waals surface area contributed by atoms with E-state index < -0.39 is 0 Å². The van der Waals surface area contributed by atoms with Crippen molar-refractivity contribution in [2.24, 2.45) is 0 Å². The van der Waals surface area contributed by atoms with Gasteiger partial charge in [-0.15, -0.1) is 0 Å². The lowest BCUT2D eigenvalue weighted by Gasteiger charge is -2.31. The molecule has 1 aromatic heterocycles. The van der Waals surface area contributed by atoms with Crippen LogP contribution in [0.4, 0.5) is 4.39 Å². The number of likely N-dealkylation sites (N-methyl/N-ethyl adjacent to an activating group) is 1. The van der Waals surface area contributed by atoms with Gasteiger partial charge >= 0.3 is 0 Å². The van der Waals surface area contributed by atoms with Crippen LogP contribution in [0.25, 0.3) is 0 Å². The molecule has 1 aliphatic heterocycles. The predicted molar refractivity (Wildman–Crippen MR) is 121 cm³/mol. The van der Waals surface area contributed by atoms with Gasteiger partial charge in [0.05, 0.1) is 6.54 Å². The van der Waals surface area contributed by atoms with Crippen molar-refractivity contribution >= 4 is 17.5 Å². The summed E-state index contributed by atoms with van der Waals surface area (Å²) in [7, 11) is 2.05. The minimum absolute atomic E-state index is 0.107. The summed E-state index contributed by atoms with van der Waals surface area (Å²) in [5.74, 6) is 0.0760. The standard InChI is InChI=1S/C24H26ClFN4O2/c1-28-10-12-30(13-11-28)24(31)22-17-32-23(27-22)16-29(14-18-6-8-20(26)9-7-18)15-19-4-2-3-5-21(19)25/h2-9,17H,10-16H2,1H3. The Hall–Kier alpha value is -2.74. The van der Waals surface area contributed by atoms with Gasteiger partial charge in [-0.05, 0) is 36.4 Å². The molecule has 4 rings (SSSR count). The van der Waals surface area contributed by atoms with Gasteiger partial charge in [0, 0.05) is 44.3 Å². The fraction of sp³-hybridized carbons (Fsp3) is 0.333. The Morgan fingerprint density at radius 1 is 1.06 bits per heavy atom. The monoisotopic (exact) mass is 456 g/mol. The first kappa shape index (κ1) is 22.5. The van der Waals surface area contributed by atoms with Gasteiger partial charge in [-0.25, -0.2) is 9.37 Å². The minimum atomic E-state index is -0.272. The molecular formula is C24H26ClFN4O2. The lowest BCUT2D eigenvalue weighted by Crippen LogP contribution is -2.47. The molecule has 168 valence electrons. The highest BCUT2D eigenvalue weighted by atomic mass is 35.5. The molecule has 0 aliphatic carbocycles. The fourth-order valence-electron chi connectivity index (χ4n) is 3.73. The average molecular weight is 457 g/mol. The quantitative estimate of drug-likeness (QED) is 0.536. The van der Waals surface area contributed by atoms with E-state index in [9.17, 15) is 9.18 Å². The lowest BCUT2D eigenvalue weighted by molar-refractivity contribution is 0.0658. The highest BCUT2D eigenvalue weighted by molar-refractivity contribution is 6.31. The van der Waals surface area contributed by atoms with E-state index in [1.54, 1.807) is 12.1 Å². The number of oxazole rings is 1. The number of carbonyl (C=O) groups excluding carboxylic acids is 1. The van der Waals surface area contributed by atoms with Gasteiger partial charge in [0.25, 0.3) is 5.91 Å². The number of piperazine rings is 1. The van der Waals surface area contributed by atoms with Gasteiger partial charge in [0.2, 0.25) is 5.89 Å². The minimum Gasteiger partial charge on any atom is -0.447 e. The second kappa shape index (κ2) is 10.3. The molecule has 1 aliphatic rings. The van der Waals surface area contributed by atoms with Crippen LogP contribution in [0.5, 0.6) is 0 Å². The molecular weight excluding hydrogens is 431 g/mol. The van der Waals surface area contributed by atoms with E-state index in [0.29, 0.717) is 49.3 Å². The predicted octanol–water partition coefficient (Wildman–Crippen LogP) is 4.06. The number of aromatic nitrogens is 1. The highest BCUT2D eigenvalue weighted by Crippen LogP contribution is 2.20. The lowest BCUT2D eigenvalue weighted by atomic mass is 10.1. The third-order valence-corrected chi connectivity index (χ3v) is 5.96. The van der Waals surface area contributed by atoms with Crippen molar-refractivity contribution in [2.45, 2.75) is 19.6 Å². The smallest absolute Gasteiger partial charge is 0.275 e. The Morgan fingerprint density at radius 3 is 2.50 bits per heavy atom. The first-order valence-electron chi connectivity index (χ1n) is 10.6. The first-order valence-corrected chi connectivity index (χ1v) is 11.0. The summed E-state index contributed by atoms with van der Waals surface area (Å²) in [4.78, 5) is 23.3. The zero-order valence-corrected chi connectivity index (χ0v) is 18.8. The third kappa shape index (κ3) is 5.73. The normalized spacial score (nSPS) is 14.8. The molecule has 6 nitrogen and oxygen atoms in total. The molecule has 0 N–H and O–H groups in total. The molecule has 2 aromatic carbocycles. The summed E-state index contributed by atoms with van der Waals surface area (Å²) in [6, 6.07) is 14.1. The molecule has 32 heavy (non-hydrogen) atoms. The Labute approximate surface area is 192 Å². The van der Waals surface area contributed by atoms with E-state index in [1.165, 1.54) is 18.4 Å². The molecule has 0 atom stereocenters. The summed E-state index contributed by atoms with van der Waals surface area (Å²) < 4.78 is 19.0. The van der Waals surface area contributed by atoms with Crippen molar-refractivity contribution in [1.82, 2.24) is 19.7 Å². The zero-order chi connectivity index (χ0) is 22.5.